The molecule has 9 heteroatoms. The number of nitrogens with one attached hydrogen (secondary N) is 1. The number of benzene rings is 1. The highest BCUT2D eigenvalue weighted by Crippen LogP contribution is 2.23. The van der Waals surface area contributed by atoms with Crippen LogP contribution in [0.1, 0.15) is 6.92 Å². The third-order valence-electron chi connectivity index (χ3n) is 3.23. The molecule has 0 saturated carbocycles. The van der Waals surface area contributed by atoms with Crippen molar-refractivity contribution in [2.45, 2.75) is 17.1 Å². The summed E-state index contributed by atoms with van der Waals surface area (Å²) in [6.45, 7) is 1.98. The Bertz CT molecular complexity index is 638. The molecule has 0 bridgehead atoms. The summed E-state index contributed by atoms with van der Waals surface area (Å²) in [6.07, 6.45) is 0. The number of hydrogen-bond acceptors (Lipinski definition) is 7. The molecule has 2 amide bonds. The quantitative estimate of drug-likeness (QED) is 0.406. The second-order valence-corrected chi connectivity index (χ2v) is 8.15. The summed E-state index contributed by atoms with van der Waals surface area (Å²) in [6, 6.07) is 9.50. The Hall–Kier alpha value is -1.58. The van der Waals surface area contributed by atoms with Gasteiger partial charge in [0.1, 0.15) is 9.57 Å². The molecular weight excluding hydrogens is 380 g/mol. The molecule has 25 heavy (non-hydrogen) atoms. The first-order chi connectivity index (χ1) is 12.0. The lowest BCUT2D eigenvalue weighted by atomic mass is 10.4. The first-order valence-electron chi connectivity index (χ1n) is 7.59. The minimum atomic E-state index is -0.448. The number of esters is 1. The molecule has 0 radical (unpaired) electrons. The van der Waals surface area contributed by atoms with Crippen LogP contribution in [0.5, 0.6) is 0 Å². The van der Waals surface area contributed by atoms with Crippen LogP contribution in [-0.4, -0.2) is 57.7 Å². The first kappa shape index (κ1) is 19.7. The van der Waals surface area contributed by atoms with Gasteiger partial charge in [0.15, 0.2) is 6.61 Å². The Morgan fingerprint density at radius 1 is 1.40 bits per heavy atom. The van der Waals surface area contributed by atoms with Crippen molar-refractivity contribution in [1.29, 1.82) is 0 Å². The first-order valence-corrected chi connectivity index (χ1v) is 9.87. The molecule has 1 saturated heterocycles. The summed E-state index contributed by atoms with van der Waals surface area (Å²) < 4.78 is 5.55. The minimum absolute atomic E-state index is 0.0533. The van der Waals surface area contributed by atoms with Gasteiger partial charge in [0.25, 0.3) is 5.91 Å². The normalized spacial score (nSPS) is 15.2. The number of hydrogen-bond donors (Lipinski definition) is 1. The largest absolute Gasteiger partial charge is 0.455 e. The Labute approximate surface area is 160 Å². The molecule has 1 fully saturated rings. The Morgan fingerprint density at radius 2 is 2.12 bits per heavy atom. The lowest BCUT2D eigenvalue weighted by Crippen LogP contribution is -2.39. The van der Waals surface area contributed by atoms with E-state index in [0.29, 0.717) is 16.6 Å². The standard InChI is InChI=1S/C16H18N2O4S3/c1-11(25-12-5-3-2-4-6-12)15(21)22-9-13(19)17-7-8-18-14(20)10-24-16(18)23/h2-6,11H,7-10H2,1H3,(H,17,19)/t11-/m1/s1. The van der Waals surface area contributed by atoms with Gasteiger partial charge in [-0.3, -0.25) is 19.3 Å². The van der Waals surface area contributed by atoms with Crippen LogP contribution >= 0.6 is 35.7 Å². The lowest BCUT2D eigenvalue weighted by Gasteiger charge is -2.15. The smallest absolute Gasteiger partial charge is 0.319 e. The summed E-state index contributed by atoms with van der Waals surface area (Å²) in [5.41, 5.74) is 0. The zero-order chi connectivity index (χ0) is 18.2. The van der Waals surface area contributed by atoms with E-state index in [-0.39, 0.29) is 19.1 Å². The van der Waals surface area contributed by atoms with E-state index in [2.05, 4.69) is 5.32 Å². The number of thioether (sulfide) groups is 2. The van der Waals surface area contributed by atoms with Crippen LogP contribution in [0.2, 0.25) is 0 Å². The maximum Gasteiger partial charge on any atom is 0.319 e. The molecule has 0 aromatic heterocycles. The summed E-state index contributed by atoms with van der Waals surface area (Å²) in [5, 5.41) is 2.20. The third-order valence-corrected chi connectivity index (χ3v) is 5.75. The molecule has 0 unspecified atom stereocenters. The molecule has 6 nitrogen and oxygen atoms in total. The maximum absolute atomic E-state index is 11.9. The molecular formula is C16H18N2O4S3. The highest BCUT2D eigenvalue weighted by molar-refractivity contribution is 8.23. The predicted octanol–water partition coefficient (Wildman–Crippen LogP) is 1.69. The highest BCUT2D eigenvalue weighted by atomic mass is 32.2. The fourth-order valence-electron chi connectivity index (χ4n) is 1.96. The summed E-state index contributed by atoms with van der Waals surface area (Å²) >= 11 is 7.73. The van der Waals surface area contributed by atoms with Gasteiger partial charge in [-0.1, -0.05) is 42.2 Å². The van der Waals surface area contributed by atoms with Crippen molar-refractivity contribution in [3.05, 3.63) is 30.3 Å². The molecule has 134 valence electrons. The third kappa shape index (κ3) is 6.33. The number of amides is 2. The van der Waals surface area contributed by atoms with E-state index in [9.17, 15) is 14.4 Å². The molecule has 1 aliphatic heterocycles. The van der Waals surface area contributed by atoms with Crippen LogP contribution in [0.25, 0.3) is 0 Å². The fraction of sp³-hybridized carbons (Fsp3) is 0.375. The van der Waals surface area contributed by atoms with Crippen molar-refractivity contribution >= 4 is 57.8 Å². The molecule has 1 aliphatic rings. The zero-order valence-electron chi connectivity index (χ0n) is 13.6. The predicted molar refractivity (Wildman–Crippen MR) is 102 cm³/mol. The molecule has 0 spiro atoms. The van der Waals surface area contributed by atoms with Crippen molar-refractivity contribution in [2.75, 3.05) is 25.4 Å². The van der Waals surface area contributed by atoms with E-state index >= 15 is 0 Å². The van der Waals surface area contributed by atoms with Crippen molar-refractivity contribution in [1.82, 2.24) is 10.2 Å². The average Bonchev–Trinajstić information content (AvgIpc) is 2.92. The Kier molecular flexibility index (Phi) is 7.73. The van der Waals surface area contributed by atoms with Crippen LogP contribution in [0, 0.1) is 0 Å². The highest BCUT2D eigenvalue weighted by Gasteiger charge is 2.26. The van der Waals surface area contributed by atoms with E-state index < -0.39 is 17.1 Å². The van der Waals surface area contributed by atoms with E-state index in [0.717, 1.165) is 4.90 Å². The van der Waals surface area contributed by atoms with E-state index in [1.807, 2.05) is 30.3 Å². The van der Waals surface area contributed by atoms with Gasteiger partial charge in [0.05, 0.1) is 5.75 Å². The topological polar surface area (TPSA) is 75.7 Å². The molecule has 1 heterocycles. The van der Waals surface area contributed by atoms with Crippen molar-refractivity contribution in [3.8, 4) is 0 Å². The monoisotopic (exact) mass is 398 g/mol. The number of carbonyl (C=O) groups is 3. The van der Waals surface area contributed by atoms with Gasteiger partial charge < -0.3 is 10.1 Å². The van der Waals surface area contributed by atoms with Gasteiger partial charge in [0, 0.05) is 18.0 Å². The summed E-state index contributed by atoms with van der Waals surface area (Å²) in [7, 11) is 0. The second kappa shape index (κ2) is 9.79. The van der Waals surface area contributed by atoms with Gasteiger partial charge in [-0.2, -0.15) is 0 Å². The molecule has 0 aliphatic carbocycles. The van der Waals surface area contributed by atoms with Gasteiger partial charge in [-0.15, -0.1) is 11.8 Å². The number of thiocarbonyl (C=S) groups is 1. The van der Waals surface area contributed by atoms with Gasteiger partial charge in [0.2, 0.25) is 5.91 Å². The number of carbonyl (C=O) groups excluding carboxylic acids is 3. The van der Waals surface area contributed by atoms with Crippen LogP contribution in [0.3, 0.4) is 0 Å². The van der Waals surface area contributed by atoms with Crippen LogP contribution in [0.15, 0.2) is 35.2 Å². The van der Waals surface area contributed by atoms with Gasteiger partial charge in [-0.25, -0.2) is 0 Å². The fourth-order valence-corrected chi connectivity index (χ4v) is 3.97. The van der Waals surface area contributed by atoms with Gasteiger partial charge in [-0.05, 0) is 19.1 Å². The molecule has 1 aromatic rings. The second-order valence-electron chi connectivity index (χ2n) is 5.13. The zero-order valence-corrected chi connectivity index (χ0v) is 16.0. The molecule has 1 atom stereocenters. The van der Waals surface area contributed by atoms with Crippen LogP contribution in [0.4, 0.5) is 0 Å². The van der Waals surface area contributed by atoms with Crippen molar-refractivity contribution < 1.29 is 19.1 Å². The van der Waals surface area contributed by atoms with E-state index in [1.54, 1.807) is 6.92 Å². The summed E-state index contributed by atoms with van der Waals surface area (Å²) in [4.78, 5) is 37.6. The van der Waals surface area contributed by atoms with E-state index in [4.69, 9.17) is 17.0 Å². The molecule has 1 aromatic carbocycles. The number of nitrogens with zero attached hydrogens (tertiary/aromatic N) is 1. The average molecular weight is 399 g/mol. The SMILES string of the molecule is C[C@@H](Sc1ccccc1)C(=O)OCC(=O)NCCN1C(=O)CSC1=S. The van der Waals surface area contributed by atoms with E-state index in [1.165, 1.54) is 28.4 Å². The minimum Gasteiger partial charge on any atom is -0.455 e. The molecule has 1 N–H and O–H groups in total. The molecule has 2 rings (SSSR count). The lowest BCUT2D eigenvalue weighted by molar-refractivity contribution is -0.147. The number of rotatable bonds is 8. The van der Waals surface area contributed by atoms with Crippen molar-refractivity contribution in [3.63, 3.8) is 0 Å². The Morgan fingerprint density at radius 3 is 2.76 bits per heavy atom. The Balaban J connectivity index is 1.64. The maximum atomic E-state index is 11.9. The van der Waals surface area contributed by atoms with Crippen LogP contribution in [-0.2, 0) is 19.1 Å². The summed E-state index contributed by atoms with van der Waals surface area (Å²) in [5.74, 6) is -0.560. The van der Waals surface area contributed by atoms with Crippen molar-refractivity contribution in [2.24, 2.45) is 0 Å². The van der Waals surface area contributed by atoms with Crippen LogP contribution < -0.4 is 5.32 Å². The number of ether oxygens (including phenoxy) is 1. The van der Waals surface area contributed by atoms with Gasteiger partial charge >= 0.3 is 5.97 Å².